The standard InChI is InChI=1S/C16H16F3NO2.ClH/c1-11-3-2-4-12(9-11)13-5-6-14(21-8-7-20)15(10-13)22-16(17,18)19;/h2-6,9-10H,7-8,20H2,1H3;1H. The topological polar surface area (TPSA) is 44.5 Å². The molecule has 0 fully saturated rings. The summed E-state index contributed by atoms with van der Waals surface area (Å²) in [6.45, 7) is 2.22. The number of alkyl halides is 3. The molecule has 0 radical (unpaired) electrons. The SMILES string of the molecule is Cc1cccc(-c2ccc(OCCN)c(OC(F)(F)F)c2)c1.Cl. The molecule has 0 atom stereocenters. The summed E-state index contributed by atoms with van der Waals surface area (Å²) in [7, 11) is 0. The van der Waals surface area contributed by atoms with Gasteiger partial charge in [-0.05, 0) is 30.2 Å². The maximum absolute atomic E-state index is 12.5. The van der Waals surface area contributed by atoms with E-state index in [9.17, 15) is 13.2 Å². The van der Waals surface area contributed by atoms with Crippen LogP contribution in [0.5, 0.6) is 11.5 Å². The fourth-order valence-corrected chi connectivity index (χ4v) is 2.00. The average Bonchev–Trinajstić information content (AvgIpc) is 2.44. The minimum atomic E-state index is -4.79. The molecular formula is C16H17ClF3NO2. The number of aryl methyl sites for hydroxylation is 1. The Labute approximate surface area is 138 Å². The first-order chi connectivity index (χ1) is 10.4. The minimum absolute atomic E-state index is 0. The summed E-state index contributed by atoms with van der Waals surface area (Å²) in [6, 6.07) is 11.9. The Morgan fingerprint density at radius 1 is 1.00 bits per heavy atom. The molecule has 23 heavy (non-hydrogen) atoms. The summed E-state index contributed by atoms with van der Waals surface area (Å²) < 4.78 is 46.9. The van der Waals surface area contributed by atoms with E-state index in [0.29, 0.717) is 5.56 Å². The summed E-state index contributed by atoms with van der Waals surface area (Å²) in [5.74, 6) is -0.362. The lowest BCUT2D eigenvalue weighted by molar-refractivity contribution is -0.275. The van der Waals surface area contributed by atoms with Gasteiger partial charge in [-0.2, -0.15) is 0 Å². The van der Waals surface area contributed by atoms with Crippen LogP contribution >= 0.6 is 12.4 Å². The number of rotatable bonds is 5. The number of nitrogens with two attached hydrogens (primary N) is 1. The fraction of sp³-hybridized carbons (Fsp3) is 0.250. The molecule has 2 aromatic carbocycles. The number of benzene rings is 2. The van der Waals surface area contributed by atoms with Crippen molar-refractivity contribution in [2.45, 2.75) is 13.3 Å². The molecule has 2 N–H and O–H groups in total. The molecule has 0 heterocycles. The fourth-order valence-electron chi connectivity index (χ4n) is 2.00. The molecule has 0 aliphatic carbocycles. The van der Waals surface area contributed by atoms with Crippen molar-refractivity contribution in [2.75, 3.05) is 13.2 Å². The normalized spacial score (nSPS) is 10.8. The molecule has 0 aromatic heterocycles. The van der Waals surface area contributed by atoms with Crippen LogP contribution in [-0.4, -0.2) is 19.5 Å². The zero-order chi connectivity index (χ0) is 16.2. The lowest BCUT2D eigenvalue weighted by Crippen LogP contribution is -2.18. The van der Waals surface area contributed by atoms with Gasteiger partial charge in [0.05, 0.1) is 0 Å². The number of hydrogen-bond donors (Lipinski definition) is 1. The molecule has 0 aliphatic rings. The Balaban J connectivity index is 0.00000264. The van der Waals surface area contributed by atoms with Crippen LogP contribution in [0.3, 0.4) is 0 Å². The van der Waals surface area contributed by atoms with Crippen molar-refractivity contribution in [1.82, 2.24) is 0 Å². The lowest BCUT2D eigenvalue weighted by Gasteiger charge is -2.15. The molecule has 126 valence electrons. The van der Waals surface area contributed by atoms with Gasteiger partial charge in [0.15, 0.2) is 11.5 Å². The summed E-state index contributed by atoms with van der Waals surface area (Å²) in [4.78, 5) is 0. The zero-order valence-electron chi connectivity index (χ0n) is 12.4. The molecule has 3 nitrogen and oxygen atoms in total. The quantitative estimate of drug-likeness (QED) is 0.876. The van der Waals surface area contributed by atoms with Gasteiger partial charge in [-0.3, -0.25) is 0 Å². The zero-order valence-corrected chi connectivity index (χ0v) is 13.2. The minimum Gasteiger partial charge on any atom is -0.488 e. The molecule has 2 rings (SSSR count). The van der Waals surface area contributed by atoms with Gasteiger partial charge in [-0.25, -0.2) is 0 Å². The van der Waals surface area contributed by atoms with Gasteiger partial charge in [-0.15, -0.1) is 25.6 Å². The first-order valence-electron chi connectivity index (χ1n) is 6.69. The molecule has 7 heteroatoms. The lowest BCUT2D eigenvalue weighted by atomic mass is 10.0. The number of ether oxygens (including phenoxy) is 2. The summed E-state index contributed by atoms with van der Waals surface area (Å²) >= 11 is 0. The monoisotopic (exact) mass is 347 g/mol. The van der Waals surface area contributed by atoms with E-state index in [2.05, 4.69) is 4.74 Å². The van der Waals surface area contributed by atoms with E-state index >= 15 is 0 Å². The molecule has 0 amide bonds. The van der Waals surface area contributed by atoms with Crippen molar-refractivity contribution in [3.8, 4) is 22.6 Å². The summed E-state index contributed by atoms with van der Waals surface area (Å²) in [6.07, 6.45) is -4.79. The second-order valence-electron chi connectivity index (χ2n) is 4.72. The third kappa shape index (κ3) is 5.65. The van der Waals surface area contributed by atoms with Crippen LogP contribution in [0.25, 0.3) is 11.1 Å². The van der Waals surface area contributed by atoms with E-state index in [1.165, 1.54) is 12.1 Å². The largest absolute Gasteiger partial charge is 0.573 e. The Morgan fingerprint density at radius 3 is 2.30 bits per heavy atom. The van der Waals surface area contributed by atoms with Crippen molar-refractivity contribution in [1.29, 1.82) is 0 Å². The summed E-state index contributed by atoms with van der Waals surface area (Å²) in [5, 5.41) is 0. The highest BCUT2D eigenvalue weighted by molar-refractivity contribution is 5.85. The van der Waals surface area contributed by atoms with Crippen molar-refractivity contribution >= 4 is 12.4 Å². The molecule has 0 aliphatic heterocycles. The predicted octanol–water partition coefficient (Wildman–Crippen LogP) is 4.32. The van der Waals surface area contributed by atoms with E-state index in [1.54, 1.807) is 6.07 Å². The third-order valence-electron chi connectivity index (χ3n) is 2.90. The highest BCUT2D eigenvalue weighted by atomic mass is 35.5. The van der Waals surface area contributed by atoms with E-state index in [4.69, 9.17) is 10.5 Å². The first-order valence-corrected chi connectivity index (χ1v) is 6.69. The van der Waals surface area contributed by atoms with Crippen LogP contribution in [0.4, 0.5) is 13.2 Å². The maximum Gasteiger partial charge on any atom is 0.573 e. The van der Waals surface area contributed by atoms with Gasteiger partial charge in [0, 0.05) is 6.54 Å². The van der Waals surface area contributed by atoms with Crippen molar-refractivity contribution in [3.63, 3.8) is 0 Å². The Morgan fingerprint density at radius 2 is 1.70 bits per heavy atom. The molecular weight excluding hydrogens is 331 g/mol. The molecule has 0 unspecified atom stereocenters. The predicted molar refractivity (Wildman–Crippen MR) is 85.1 cm³/mol. The van der Waals surface area contributed by atoms with Crippen LogP contribution in [-0.2, 0) is 0 Å². The van der Waals surface area contributed by atoms with Crippen LogP contribution in [0.1, 0.15) is 5.56 Å². The van der Waals surface area contributed by atoms with Gasteiger partial charge < -0.3 is 15.2 Å². The summed E-state index contributed by atoms with van der Waals surface area (Å²) in [5.41, 5.74) is 7.73. The van der Waals surface area contributed by atoms with Gasteiger partial charge in [0.1, 0.15) is 6.61 Å². The third-order valence-corrected chi connectivity index (χ3v) is 2.90. The molecule has 0 bridgehead atoms. The van der Waals surface area contributed by atoms with E-state index in [1.807, 2.05) is 31.2 Å². The van der Waals surface area contributed by atoms with Crippen molar-refractivity contribution < 1.29 is 22.6 Å². The van der Waals surface area contributed by atoms with Crippen LogP contribution in [0.15, 0.2) is 42.5 Å². The van der Waals surface area contributed by atoms with Crippen LogP contribution in [0.2, 0.25) is 0 Å². The van der Waals surface area contributed by atoms with E-state index in [0.717, 1.165) is 11.1 Å². The second-order valence-corrected chi connectivity index (χ2v) is 4.72. The smallest absolute Gasteiger partial charge is 0.488 e. The van der Waals surface area contributed by atoms with Gasteiger partial charge >= 0.3 is 6.36 Å². The van der Waals surface area contributed by atoms with Gasteiger partial charge in [0.2, 0.25) is 0 Å². The van der Waals surface area contributed by atoms with Gasteiger partial charge in [-0.1, -0.05) is 35.9 Å². The first kappa shape index (κ1) is 19.1. The maximum atomic E-state index is 12.5. The van der Waals surface area contributed by atoms with E-state index in [-0.39, 0.29) is 37.1 Å². The number of halogens is 4. The highest BCUT2D eigenvalue weighted by Gasteiger charge is 2.32. The Hall–Kier alpha value is -1.92. The number of hydrogen-bond acceptors (Lipinski definition) is 3. The average molecular weight is 348 g/mol. The molecule has 0 spiro atoms. The van der Waals surface area contributed by atoms with Crippen molar-refractivity contribution in [3.05, 3.63) is 48.0 Å². The van der Waals surface area contributed by atoms with Gasteiger partial charge in [0.25, 0.3) is 0 Å². The highest BCUT2D eigenvalue weighted by Crippen LogP contribution is 2.36. The molecule has 0 saturated heterocycles. The van der Waals surface area contributed by atoms with Crippen LogP contribution < -0.4 is 15.2 Å². The molecule has 0 saturated carbocycles. The Bertz CT molecular complexity index is 647. The second kappa shape index (κ2) is 8.08. The Kier molecular flexibility index (Phi) is 6.72. The van der Waals surface area contributed by atoms with Crippen molar-refractivity contribution in [2.24, 2.45) is 5.73 Å². The van der Waals surface area contributed by atoms with Crippen LogP contribution in [0, 0.1) is 6.92 Å². The van der Waals surface area contributed by atoms with E-state index < -0.39 is 6.36 Å². The molecule has 2 aromatic rings.